The second-order valence-electron chi connectivity index (χ2n) is 13.4. The van der Waals surface area contributed by atoms with Crippen molar-refractivity contribution in [3.05, 3.63) is 99.4 Å². The number of hydrogen-bond acceptors (Lipinski definition) is 4. The maximum Gasteiger partial charge on any atom is 0.417 e. The van der Waals surface area contributed by atoms with E-state index in [1.54, 1.807) is 0 Å². The fourth-order valence-corrected chi connectivity index (χ4v) is 6.60. The molecule has 15 heteroatoms. The van der Waals surface area contributed by atoms with E-state index >= 15 is 4.39 Å². The summed E-state index contributed by atoms with van der Waals surface area (Å²) in [6.45, 7) is 4.97. The van der Waals surface area contributed by atoms with E-state index in [1.165, 1.54) is 13.0 Å². The standard InChI is InChI=1S/C36H31F10NO4/c1-18-30(21-11-23(34(38,39)40)15-24(12-21)35(41,42)43)51-32(49)47(18)17-22-16-33(2,3)10-9-25(22)27-13-19(6-8-29(27)37)26-7-5-20(31(48)50-4)14-28(26)36(44,45)46/h5-8,11-15,18,30H,9-10,16-17H2,1-4H3/t18-,30-/m0/s1. The van der Waals surface area contributed by atoms with Crippen LogP contribution in [0.15, 0.2) is 60.2 Å². The third-order valence-corrected chi connectivity index (χ3v) is 9.21. The molecule has 1 amide bonds. The predicted octanol–water partition coefficient (Wildman–Crippen LogP) is 10.9. The molecule has 0 bridgehead atoms. The number of benzene rings is 3. The van der Waals surface area contributed by atoms with E-state index in [0.717, 1.165) is 36.3 Å². The van der Waals surface area contributed by atoms with Crippen LogP contribution in [0.4, 0.5) is 48.7 Å². The Bertz CT molecular complexity index is 1860. The Balaban J connectivity index is 1.56. The molecule has 1 saturated heterocycles. The minimum absolute atomic E-state index is 0.0224. The smallest absolute Gasteiger partial charge is 0.417 e. The highest BCUT2D eigenvalue weighted by molar-refractivity contribution is 5.91. The van der Waals surface area contributed by atoms with Gasteiger partial charge in [0.05, 0.1) is 35.4 Å². The minimum Gasteiger partial charge on any atom is -0.465 e. The molecule has 5 nitrogen and oxygen atoms in total. The number of amides is 1. The van der Waals surface area contributed by atoms with E-state index in [0.29, 0.717) is 35.8 Å². The highest BCUT2D eigenvalue weighted by Gasteiger charge is 2.44. The number of methoxy groups -OCH3 is 1. The average Bonchev–Trinajstić information content (AvgIpc) is 3.31. The van der Waals surface area contributed by atoms with Crippen LogP contribution in [0, 0.1) is 11.2 Å². The average molecular weight is 732 g/mol. The van der Waals surface area contributed by atoms with Crippen LogP contribution in [0.2, 0.25) is 0 Å². The molecule has 274 valence electrons. The Kier molecular flexibility index (Phi) is 9.76. The zero-order valence-corrected chi connectivity index (χ0v) is 27.5. The Labute approximate surface area is 285 Å². The molecule has 5 rings (SSSR count). The highest BCUT2D eigenvalue weighted by atomic mass is 19.4. The van der Waals surface area contributed by atoms with Crippen LogP contribution < -0.4 is 0 Å². The summed E-state index contributed by atoms with van der Waals surface area (Å²) >= 11 is 0. The number of cyclic esters (lactones) is 1. The van der Waals surface area contributed by atoms with Gasteiger partial charge < -0.3 is 9.47 Å². The Morgan fingerprint density at radius 3 is 2.08 bits per heavy atom. The molecule has 1 heterocycles. The fraction of sp³-hybridized carbons (Fsp3) is 0.389. The molecule has 0 unspecified atom stereocenters. The van der Waals surface area contributed by atoms with Crippen molar-refractivity contribution in [1.29, 1.82) is 0 Å². The first-order chi connectivity index (χ1) is 23.5. The summed E-state index contributed by atoms with van der Waals surface area (Å²) in [5.74, 6) is -1.76. The lowest BCUT2D eigenvalue weighted by Crippen LogP contribution is -2.35. The van der Waals surface area contributed by atoms with Crippen LogP contribution in [-0.4, -0.2) is 36.7 Å². The minimum atomic E-state index is -5.13. The summed E-state index contributed by atoms with van der Waals surface area (Å²) in [4.78, 5) is 26.3. The van der Waals surface area contributed by atoms with Crippen molar-refractivity contribution < 1.29 is 63.0 Å². The van der Waals surface area contributed by atoms with Gasteiger partial charge in [0.1, 0.15) is 11.9 Å². The van der Waals surface area contributed by atoms with Gasteiger partial charge in [-0.15, -0.1) is 0 Å². The van der Waals surface area contributed by atoms with Crippen molar-refractivity contribution in [2.24, 2.45) is 5.41 Å². The summed E-state index contributed by atoms with van der Waals surface area (Å²) in [6.07, 6.45) is -16.7. The molecule has 0 spiro atoms. The van der Waals surface area contributed by atoms with Crippen LogP contribution >= 0.6 is 0 Å². The molecule has 0 saturated carbocycles. The zero-order valence-electron chi connectivity index (χ0n) is 27.5. The fourth-order valence-electron chi connectivity index (χ4n) is 6.60. The molecule has 1 aliphatic carbocycles. The number of nitrogens with zero attached hydrogens (tertiary/aromatic N) is 1. The quantitative estimate of drug-likeness (QED) is 0.187. The van der Waals surface area contributed by atoms with Gasteiger partial charge in [0.2, 0.25) is 0 Å². The number of hydrogen-bond donors (Lipinski definition) is 0. The van der Waals surface area contributed by atoms with Crippen molar-refractivity contribution in [3.63, 3.8) is 0 Å². The van der Waals surface area contributed by atoms with Gasteiger partial charge in [-0.1, -0.05) is 26.0 Å². The summed E-state index contributed by atoms with van der Waals surface area (Å²) < 4.78 is 149. The Hall–Kier alpha value is -4.56. The third-order valence-electron chi connectivity index (χ3n) is 9.21. The van der Waals surface area contributed by atoms with Crippen molar-refractivity contribution in [2.45, 2.75) is 70.7 Å². The van der Waals surface area contributed by atoms with E-state index in [9.17, 15) is 49.1 Å². The van der Waals surface area contributed by atoms with Gasteiger partial charge in [0.25, 0.3) is 0 Å². The van der Waals surface area contributed by atoms with Gasteiger partial charge >= 0.3 is 30.6 Å². The topological polar surface area (TPSA) is 55.8 Å². The maximum atomic E-state index is 15.6. The molecule has 3 aromatic rings. The Morgan fingerprint density at radius 1 is 0.882 bits per heavy atom. The Morgan fingerprint density at radius 2 is 1.51 bits per heavy atom. The van der Waals surface area contributed by atoms with Crippen molar-refractivity contribution in [3.8, 4) is 11.1 Å². The molecular weight excluding hydrogens is 700 g/mol. The molecule has 1 fully saturated rings. The largest absolute Gasteiger partial charge is 0.465 e. The molecule has 2 atom stereocenters. The molecule has 3 aromatic carbocycles. The molecule has 0 radical (unpaired) electrons. The van der Waals surface area contributed by atoms with Gasteiger partial charge in [-0.3, -0.25) is 4.90 Å². The molecule has 0 aromatic heterocycles. The van der Waals surface area contributed by atoms with Crippen molar-refractivity contribution in [1.82, 2.24) is 4.90 Å². The van der Waals surface area contributed by atoms with Crippen LogP contribution in [0.25, 0.3) is 16.7 Å². The van der Waals surface area contributed by atoms with Crippen molar-refractivity contribution >= 4 is 17.6 Å². The number of carbonyl (C=O) groups excluding carboxylic acids is 2. The first-order valence-electron chi connectivity index (χ1n) is 15.6. The van der Waals surface area contributed by atoms with E-state index < -0.39 is 76.2 Å². The van der Waals surface area contributed by atoms with Gasteiger partial charge in [0.15, 0.2) is 0 Å². The third kappa shape index (κ3) is 7.86. The van der Waals surface area contributed by atoms with Gasteiger partial charge in [-0.25, -0.2) is 14.0 Å². The molecule has 2 aliphatic rings. The number of carbonyl (C=O) groups is 2. The lowest BCUT2D eigenvalue weighted by molar-refractivity contribution is -0.143. The lowest BCUT2D eigenvalue weighted by atomic mass is 9.72. The molecule has 0 N–H and O–H groups in total. The van der Waals surface area contributed by atoms with E-state index in [-0.39, 0.29) is 47.7 Å². The van der Waals surface area contributed by atoms with Gasteiger partial charge in [0, 0.05) is 12.1 Å². The second-order valence-corrected chi connectivity index (χ2v) is 13.4. The highest BCUT2D eigenvalue weighted by Crippen LogP contribution is 2.47. The van der Waals surface area contributed by atoms with Crippen LogP contribution in [-0.2, 0) is 28.0 Å². The first kappa shape index (κ1) is 37.7. The lowest BCUT2D eigenvalue weighted by Gasteiger charge is -2.35. The monoisotopic (exact) mass is 731 g/mol. The van der Waals surface area contributed by atoms with Gasteiger partial charge in [-0.2, -0.15) is 39.5 Å². The number of alkyl halides is 9. The van der Waals surface area contributed by atoms with E-state index in [2.05, 4.69) is 4.74 Å². The predicted molar refractivity (Wildman–Crippen MR) is 165 cm³/mol. The number of rotatable bonds is 6. The van der Waals surface area contributed by atoms with Crippen LogP contribution in [0.5, 0.6) is 0 Å². The van der Waals surface area contributed by atoms with Gasteiger partial charge in [-0.05, 0) is 102 Å². The summed E-state index contributed by atoms with van der Waals surface area (Å²) in [5.41, 5.74) is -5.10. The summed E-state index contributed by atoms with van der Waals surface area (Å²) in [7, 11) is 1.02. The number of halogens is 10. The van der Waals surface area contributed by atoms with E-state index in [4.69, 9.17) is 4.74 Å². The molecule has 51 heavy (non-hydrogen) atoms. The SMILES string of the molecule is COC(=O)c1ccc(-c2ccc(F)c(C3=C(CN4C(=O)O[C@H](c5cc(C(F)(F)F)cc(C(F)(F)F)c5)[C@@H]4C)CC(C)(C)CC3)c2)c(C(F)(F)F)c1. The van der Waals surface area contributed by atoms with Crippen LogP contribution in [0.1, 0.15) is 84.3 Å². The molecule has 1 aliphatic heterocycles. The summed E-state index contributed by atoms with van der Waals surface area (Å²) in [6, 6.07) is 6.14. The van der Waals surface area contributed by atoms with E-state index in [1.807, 2.05) is 13.8 Å². The number of esters is 1. The van der Waals surface area contributed by atoms with Crippen molar-refractivity contribution in [2.75, 3.05) is 13.7 Å². The zero-order chi connectivity index (χ0) is 37.8. The number of allylic oxidation sites excluding steroid dienone is 1. The summed E-state index contributed by atoms with van der Waals surface area (Å²) in [5, 5.41) is 0. The molecular formula is C36H31F10NO4. The normalized spacial score (nSPS) is 19.7. The maximum absolute atomic E-state index is 15.6. The first-order valence-corrected chi connectivity index (χ1v) is 15.6. The van der Waals surface area contributed by atoms with Crippen LogP contribution in [0.3, 0.4) is 0 Å². The second kappa shape index (κ2) is 13.2. The number of ether oxygens (including phenoxy) is 2.